The molecular weight excluding hydrogens is 453 g/mol. The van der Waals surface area contributed by atoms with E-state index in [1.54, 1.807) is 53.9 Å². The van der Waals surface area contributed by atoms with Crippen molar-refractivity contribution in [3.8, 4) is 0 Å². The largest absolute Gasteiger partial charge is 0.382 e. The smallest absolute Gasteiger partial charge is 0.152 e. The fourth-order valence-electron chi connectivity index (χ4n) is 2.70. The molecule has 1 atom stereocenters. The van der Waals surface area contributed by atoms with Gasteiger partial charge in [0.05, 0.1) is 6.54 Å². The molecule has 0 heterocycles. The number of nitrogens with one attached hydrogen (secondary N) is 1. The van der Waals surface area contributed by atoms with Crippen LogP contribution in [0.1, 0.15) is 16.7 Å². The quantitative estimate of drug-likeness (QED) is 0.190. The Morgan fingerprint density at radius 2 is 1.74 bits per heavy atom. The molecule has 3 rings (SSSR count). The number of nitrogens with zero attached hydrogens (tertiary/aromatic N) is 2. The van der Waals surface area contributed by atoms with Crippen LogP contribution in [0.15, 0.2) is 83.3 Å². The summed E-state index contributed by atoms with van der Waals surface area (Å²) < 4.78 is 15.2. The molecule has 3 aromatic carbocycles. The number of amidine groups is 1. The average molecular weight is 474 g/mol. The van der Waals surface area contributed by atoms with Crippen molar-refractivity contribution in [3.63, 3.8) is 0 Å². The van der Waals surface area contributed by atoms with Gasteiger partial charge in [0.25, 0.3) is 0 Å². The fourth-order valence-corrected chi connectivity index (χ4v) is 3.82. The SMILES string of the molecule is N/C(=N\N(N)Cc1cccc(Cl)c1)c1cccc(NS(=O)/C=C/c2cccc(Cl)c2)c1. The third-order valence-corrected chi connectivity index (χ3v) is 5.37. The van der Waals surface area contributed by atoms with E-state index in [2.05, 4.69) is 9.82 Å². The van der Waals surface area contributed by atoms with Crippen LogP contribution in [-0.2, 0) is 17.5 Å². The van der Waals surface area contributed by atoms with Gasteiger partial charge in [0, 0.05) is 26.7 Å². The Bertz CT molecular complexity index is 1140. The first-order valence-electron chi connectivity index (χ1n) is 9.21. The van der Waals surface area contributed by atoms with E-state index in [-0.39, 0.29) is 5.84 Å². The van der Waals surface area contributed by atoms with Crippen molar-refractivity contribution in [3.05, 3.63) is 105 Å². The summed E-state index contributed by atoms with van der Waals surface area (Å²) in [6.07, 6.45) is 1.73. The minimum atomic E-state index is -1.44. The third kappa shape index (κ3) is 7.41. The maximum Gasteiger partial charge on any atom is 0.152 e. The maximum absolute atomic E-state index is 12.3. The molecule has 6 nitrogen and oxygen atoms in total. The predicted octanol–water partition coefficient (Wildman–Crippen LogP) is 4.74. The van der Waals surface area contributed by atoms with Crippen molar-refractivity contribution in [1.82, 2.24) is 5.12 Å². The van der Waals surface area contributed by atoms with E-state index in [4.69, 9.17) is 34.8 Å². The number of anilines is 1. The van der Waals surface area contributed by atoms with Gasteiger partial charge in [-0.25, -0.2) is 15.2 Å². The topological polar surface area (TPSA) is 96.7 Å². The van der Waals surface area contributed by atoms with Gasteiger partial charge >= 0.3 is 0 Å². The number of halogens is 2. The average Bonchev–Trinajstić information content (AvgIpc) is 2.72. The van der Waals surface area contributed by atoms with Crippen LogP contribution in [0.3, 0.4) is 0 Å². The summed E-state index contributed by atoms with van der Waals surface area (Å²) in [7, 11) is -1.44. The monoisotopic (exact) mass is 473 g/mol. The molecule has 0 aliphatic heterocycles. The molecule has 0 aliphatic carbocycles. The fraction of sp³-hybridized carbons (Fsp3) is 0.0455. The molecule has 0 radical (unpaired) electrons. The highest BCUT2D eigenvalue weighted by atomic mass is 35.5. The second-order valence-corrected chi connectivity index (χ2v) is 8.49. The van der Waals surface area contributed by atoms with Crippen molar-refractivity contribution in [2.24, 2.45) is 16.7 Å². The van der Waals surface area contributed by atoms with Crippen molar-refractivity contribution in [2.75, 3.05) is 4.72 Å². The molecule has 31 heavy (non-hydrogen) atoms. The van der Waals surface area contributed by atoms with E-state index in [0.717, 1.165) is 11.1 Å². The molecule has 0 aliphatic rings. The van der Waals surface area contributed by atoms with E-state index >= 15 is 0 Å². The standard InChI is InChI=1S/C22H21Cl2N5OS/c23-19-7-1-4-16(12-19)10-11-31(30)28-21-9-3-6-18(14-21)22(25)27-29(26)15-17-5-2-8-20(24)13-17/h1-14,28H,15,26H2,(H2,25,27)/b11-10+. The van der Waals surface area contributed by atoms with Gasteiger partial charge in [-0.2, -0.15) is 0 Å². The molecule has 0 saturated heterocycles. The molecule has 0 spiro atoms. The normalized spacial score (nSPS) is 12.7. The van der Waals surface area contributed by atoms with Gasteiger partial charge in [-0.15, -0.1) is 5.10 Å². The highest BCUT2D eigenvalue weighted by molar-refractivity contribution is 7.89. The van der Waals surface area contributed by atoms with Crippen LogP contribution in [-0.4, -0.2) is 15.2 Å². The summed E-state index contributed by atoms with van der Waals surface area (Å²) in [4.78, 5) is 0. The molecule has 0 aromatic heterocycles. The van der Waals surface area contributed by atoms with Crippen LogP contribution >= 0.6 is 23.2 Å². The molecule has 3 aromatic rings. The number of nitrogens with two attached hydrogens (primary N) is 2. The highest BCUT2D eigenvalue weighted by Gasteiger charge is 2.05. The van der Waals surface area contributed by atoms with E-state index in [9.17, 15) is 4.21 Å². The number of benzene rings is 3. The molecule has 0 fully saturated rings. The van der Waals surface area contributed by atoms with Gasteiger partial charge < -0.3 is 10.5 Å². The zero-order valence-electron chi connectivity index (χ0n) is 16.4. The summed E-state index contributed by atoms with van der Waals surface area (Å²) in [6, 6.07) is 21.7. The van der Waals surface area contributed by atoms with Crippen molar-refractivity contribution >= 4 is 51.8 Å². The lowest BCUT2D eigenvalue weighted by Crippen LogP contribution is -2.29. The third-order valence-electron chi connectivity index (χ3n) is 4.08. The first-order valence-corrected chi connectivity index (χ1v) is 11.2. The zero-order chi connectivity index (χ0) is 22.2. The van der Waals surface area contributed by atoms with Crippen molar-refractivity contribution in [1.29, 1.82) is 0 Å². The molecule has 160 valence electrons. The van der Waals surface area contributed by atoms with Crippen LogP contribution in [0.25, 0.3) is 6.08 Å². The molecule has 1 unspecified atom stereocenters. The van der Waals surface area contributed by atoms with Crippen LogP contribution in [0, 0.1) is 0 Å². The predicted molar refractivity (Wildman–Crippen MR) is 131 cm³/mol. The minimum absolute atomic E-state index is 0.230. The molecular formula is C22H21Cl2N5OS. The Balaban J connectivity index is 1.64. The Hall–Kier alpha value is -2.84. The van der Waals surface area contributed by atoms with Crippen LogP contribution in [0.4, 0.5) is 5.69 Å². The maximum atomic E-state index is 12.3. The highest BCUT2D eigenvalue weighted by Crippen LogP contribution is 2.15. The molecule has 0 saturated carbocycles. The van der Waals surface area contributed by atoms with Crippen LogP contribution < -0.4 is 16.3 Å². The number of hydrazine groups is 1. The first-order chi connectivity index (χ1) is 14.9. The summed E-state index contributed by atoms with van der Waals surface area (Å²) in [5.74, 6) is 6.19. The summed E-state index contributed by atoms with van der Waals surface area (Å²) in [6.45, 7) is 0.345. The second-order valence-electron chi connectivity index (χ2n) is 6.55. The number of hydrogen-bond donors (Lipinski definition) is 3. The summed E-state index contributed by atoms with van der Waals surface area (Å²) in [5.41, 5.74) is 9.13. The number of hydrazone groups is 1. The zero-order valence-corrected chi connectivity index (χ0v) is 18.7. The Kier molecular flexibility index (Phi) is 8.08. The van der Waals surface area contributed by atoms with Crippen molar-refractivity contribution in [2.45, 2.75) is 6.54 Å². The van der Waals surface area contributed by atoms with Gasteiger partial charge in [-0.05, 0) is 53.6 Å². The van der Waals surface area contributed by atoms with Gasteiger partial charge in [0.2, 0.25) is 0 Å². The Labute approximate surface area is 193 Å². The minimum Gasteiger partial charge on any atom is -0.382 e. The van der Waals surface area contributed by atoms with Crippen LogP contribution in [0.2, 0.25) is 10.0 Å². The molecule has 9 heteroatoms. The molecule has 0 amide bonds. The van der Waals surface area contributed by atoms with E-state index < -0.39 is 11.0 Å². The second kappa shape index (κ2) is 11.0. The summed E-state index contributed by atoms with van der Waals surface area (Å²) >= 11 is 11.9. The number of rotatable bonds is 8. The first kappa shape index (κ1) is 22.8. The Morgan fingerprint density at radius 1 is 1.03 bits per heavy atom. The van der Waals surface area contributed by atoms with Gasteiger partial charge in [0.15, 0.2) is 5.84 Å². The van der Waals surface area contributed by atoms with E-state index in [1.807, 2.05) is 30.3 Å². The lowest BCUT2D eigenvalue weighted by atomic mass is 10.2. The lowest BCUT2D eigenvalue weighted by Gasteiger charge is -2.14. The van der Waals surface area contributed by atoms with Gasteiger partial charge in [0.1, 0.15) is 11.0 Å². The Morgan fingerprint density at radius 3 is 2.48 bits per heavy atom. The van der Waals surface area contributed by atoms with Crippen LogP contribution in [0.5, 0.6) is 0 Å². The lowest BCUT2D eigenvalue weighted by molar-refractivity contribution is 0.290. The molecule has 5 N–H and O–H groups in total. The van der Waals surface area contributed by atoms with Gasteiger partial charge in [-0.1, -0.05) is 59.6 Å². The molecule has 0 bridgehead atoms. The van der Waals surface area contributed by atoms with E-state index in [0.29, 0.717) is 27.8 Å². The summed E-state index contributed by atoms with van der Waals surface area (Å²) in [5, 5.41) is 8.24. The van der Waals surface area contributed by atoms with Gasteiger partial charge in [-0.3, -0.25) is 0 Å². The number of hydrogen-bond acceptors (Lipinski definition) is 4. The van der Waals surface area contributed by atoms with Crippen molar-refractivity contribution < 1.29 is 4.21 Å². The van der Waals surface area contributed by atoms with E-state index in [1.165, 1.54) is 5.12 Å².